The molecule has 0 unspecified atom stereocenters. The molecule has 0 bridgehead atoms. The summed E-state index contributed by atoms with van der Waals surface area (Å²) < 4.78 is 3.35. The number of hydrogen-bond acceptors (Lipinski definition) is 5. The summed E-state index contributed by atoms with van der Waals surface area (Å²) in [6, 6.07) is 18.9. The standard InChI is InChI=1S/C32H34ClN5O5/c33-24-8-4-5-22(17-24)18-36-13-10-26-28(36)34-21-38(30(26)40)20-32(43)11-15-35(16-12-32)29(39)25-9-14-37(31(41)42)19-27(25)23-6-2-1-3-7-23/h1-8,10,13,17,21,25,27,43H,9,11-12,14-16,18-20H2,(H,41,42)/t25-,27+/m1/s1. The molecular formula is C32H34ClN5O5. The number of likely N-dealkylation sites (tertiary alicyclic amines) is 2. The predicted molar refractivity (Wildman–Crippen MR) is 162 cm³/mol. The summed E-state index contributed by atoms with van der Waals surface area (Å²) >= 11 is 6.12. The highest BCUT2D eigenvalue weighted by molar-refractivity contribution is 6.30. The van der Waals surface area contributed by atoms with Gasteiger partial charge in [-0.3, -0.25) is 14.2 Å². The van der Waals surface area contributed by atoms with E-state index in [-0.39, 0.29) is 36.4 Å². The van der Waals surface area contributed by atoms with Crippen LogP contribution in [0.3, 0.4) is 0 Å². The fraction of sp³-hybridized carbons (Fsp3) is 0.375. The van der Waals surface area contributed by atoms with Crippen molar-refractivity contribution < 1.29 is 19.8 Å². The summed E-state index contributed by atoms with van der Waals surface area (Å²) in [6.45, 7) is 1.90. The van der Waals surface area contributed by atoms with E-state index in [0.717, 1.165) is 11.1 Å². The van der Waals surface area contributed by atoms with E-state index < -0.39 is 11.7 Å². The van der Waals surface area contributed by atoms with Gasteiger partial charge in [-0.2, -0.15) is 0 Å². The maximum absolute atomic E-state index is 13.7. The molecule has 0 aliphatic carbocycles. The van der Waals surface area contributed by atoms with Crippen molar-refractivity contribution >= 4 is 34.6 Å². The number of piperidine rings is 2. The highest BCUT2D eigenvalue weighted by Crippen LogP contribution is 2.35. The van der Waals surface area contributed by atoms with Crippen LogP contribution in [-0.2, 0) is 17.9 Å². The van der Waals surface area contributed by atoms with E-state index in [1.165, 1.54) is 15.8 Å². The van der Waals surface area contributed by atoms with E-state index in [1.807, 2.05) is 65.4 Å². The summed E-state index contributed by atoms with van der Waals surface area (Å²) in [4.78, 5) is 46.5. The number of hydrogen-bond donors (Lipinski definition) is 2. The van der Waals surface area contributed by atoms with Gasteiger partial charge in [-0.25, -0.2) is 9.78 Å². The maximum Gasteiger partial charge on any atom is 0.407 e. The highest BCUT2D eigenvalue weighted by Gasteiger charge is 2.41. The van der Waals surface area contributed by atoms with Crippen molar-refractivity contribution in [2.75, 3.05) is 26.2 Å². The van der Waals surface area contributed by atoms with Crippen molar-refractivity contribution in [2.24, 2.45) is 5.92 Å². The van der Waals surface area contributed by atoms with Gasteiger partial charge in [0, 0.05) is 55.8 Å². The number of carbonyl (C=O) groups is 2. The monoisotopic (exact) mass is 603 g/mol. The lowest BCUT2D eigenvalue weighted by atomic mass is 9.79. The molecule has 224 valence electrons. The normalized spacial score (nSPS) is 20.3. The third-order valence-electron chi connectivity index (χ3n) is 8.89. The molecule has 2 saturated heterocycles. The molecule has 10 nitrogen and oxygen atoms in total. The molecule has 2 aliphatic heterocycles. The lowest BCUT2D eigenvalue weighted by molar-refractivity contribution is -0.142. The Morgan fingerprint density at radius 1 is 0.977 bits per heavy atom. The van der Waals surface area contributed by atoms with Gasteiger partial charge in [0.25, 0.3) is 5.56 Å². The molecule has 0 saturated carbocycles. The summed E-state index contributed by atoms with van der Waals surface area (Å²) in [5, 5.41) is 22.2. The Kier molecular flexibility index (Phi) is 7.98. The first-order valence-corrected chi connectivity index (χ1v) is 14.9. The second-order valence-electron chi connectivity index (χ2n) is 11.7. The molecule has 2 amide bonds. The third kappa shape index (κ3) is 6.03. The minimum atomic E-state index is -1.16. The second kappa shape index (κ2) is 11.9. The van der Waals surface area contributed by atoms with Gasteiger partial charge >= 0.3 is 6.09 Å². The Morgan fingerprint density at radius 3 is 2.47 bits per heavy atom. The molecule has 2 aromatic heterocycles. The zero-order valence-corrected chi connectivity index (χ0v) is 24.4. The molecule has 43 heavy (non-hydrogen) atoms. The van der Waals surface area contributed by atoms with Gasteiger partial charge in [0.05, 0.1) is 17.5 Å². The lowest BCUT2D eigenvalue weighted by Gasteiger charge is -2.42. The van der Waals surface area contributed by atoms with E-state index in [2.05, 4.69) is 4.98 Å². The molecule has 2 atom stereocenters. The molecule has 0 radical (unpaired) electrons. The smallest absolute Gasteiger partial charge is 0.407 e. The van der Waals surface area contributed by atoms with Crippen LogP contribution in [0.2, 0.25) is 5.02 Å². The van der Waals surface area contributed by atoms with Gasteiger partial charge in [0.1, 0.15) is 12.0 Å². The third-order valence-corrected chi connectivity index (χ3v) is 9.12. The Labute approximate surface area is 253 Å². The summed E-state index contributed by atoms with van der Waals surface area (Å²) in [7, 11) is 0. The quantitative estimate of drug-likeness (QED) is 0.343. The van der Waals surface area contributed by atoms with Crippen LogP contribution in [0, 0.1) is 5.92 Å². The first-order chi connectivity index (χ1) is 20.7. The van der Waals surface area contributed by atoms with Crippen LogP contribution in [0.1, 0.15) is 36.3 Å². The van der Waals surface area contributed by atoms with Gasteiger partial charge in [0.15, 0.2) is 0 Å². The van der Waals surface area contributed by atoms with Crippen LogP contribution in [-0.4, -0.2) is 77.9 Å². The fourth-order valence-corrected chi connectivity index (χ4v) is 6.70. The van der Waals surface area contributed by atoms with E-state index >= 15 is 0 Å². The van der Waals surface area contributed by atoms with E-state index in [9.17, 15) is 24.6 Å². The van der Waals surface area contributed by atoms with Crippen LogP contribution in [0.15, 0.2) is 78.0 Å². The zero-order valence-electron chi connectivity index (χ0n) is 23.7. The largest absolute Gasteiger partial charge is 0.465 e. The summed E-state index contributed by atoms with van der Waals surface area (Å²) in [6.07, 6.45) is 3.42. The van der Waals surface area contributed by atoms with Crippen molar-refractivity contribution in [3.05, 3.63) is 99.7 Å². The average Bonchev–Trinajstić information content (AvgIpc) is 3.42. The molecule has 6 rings (SSSR count). The number of carboxylic acid groups (broad SMARTS) is 1. The molecule has 0 spiro atoms. The molecule has 2 aliphatic rings. The molecular weight excluding hydrogens is 570 g/mol. The molecule has 4 aromatic rings. The number of benzene rings is 2. The number of rotatable bonds is 6. The minimum Gasteiger partial charge on any atom is -0.465 e. The van der Waals surface area contributed by atoms with E-state index in [4.69, 9.17) is 11.6 Å². The average molecular weight is 604 g/mol. The van der Waals surface area contributed by atoms with Gasteiger partial charge in [-0.1, -0.05) is 54.1 Å². The van der Waals surface area contributed by atoms with Gasteiger partial charge in [0.2, 0.25) is 5.91 Å². The number of aromatic nitrogens is 3. The minimum absolute atomic E-state index is 0.0118. The van der Waals surface area contributed by atoms with Crippen LogP contribution >= 0.6 is 11.6 Å². The van der Waals surface area contributed by atoms with Crippen molar-refractivity contribution in [1.82, 2.24) is 23.9 Å². The van der Waals surface area contributed by atoms with Crippen LogP contribution in [0.25, 0.3) is 11.0 Å². The first-order valence-electron chi connectivity index (χ1n) is 14.5. The van der Waals surface area contributed by atoms with Crippen molar-refractivity contribution in [3.63, 3.8) is 0 Å². The summed E-state index contributed by atoms with van der Waals surface area (Å²) in [5.41, 5.74) is 1.12. The van der Waals surface area contributed by atoms with Gasteiger partial charge in [-0.15, -0.1) is 0 Å². The lowest BCUT2D eigenvalue weighted by Crippen LogP contribution is -2.53. The highest BCUT2D eigenvalue weighted by atomic mass is 35.5. The Morgan fingerprint density at radius 2 is 1.74 bits per heavy atom. The van der Waals surface area contributed by atoms with Crippen molar-refractivity contribution in [1.29, 1.82) is 0 Å². The van der Waals surface area contributed by atoms with Crippen LogP contribution in [0.4, 0.5) is 4.79 Å². The number of carbonyl (C=O) groups excluding carboxylic acids is 1. The molecule has 2 aromatic carbocycles. The number of halogens is 1. The molecule has 2 N–H and O–H groups in total. The van der Waals surface area contributed by atoms with Gasteiger partial charge < -0.3 is 24.6 Å². The number of amides is 2. The fourth-order valence-electron chi connectivity index (χ4n) is 6.49. The van der Waals surface area contributed by atoms with E-state index in [1.54, 1.807) is 11.0 Å². The Hall–Kier alpha value is -4.15. The molecule has 4 heterocycles. The SMILES string of the molecule is O=C(O)N1CC[C@@H](C(=O)N2CCC(O)(Cn3cnc4c(ccn4Cc4cccc(Cl)c4)c3=O)CC2)[C@H](c2ccccc2)C1. The maximum atomic E-state index is 13.7. The molecule has 11 heteroatoms. The van der Waals surface area contributed by atoms with Crippen LogP contribution in [0.5, 0.6) is 0 Å². The zero-order chi connectivity index (χ0) is 30.1. The number of fused-ring (bicyclic) bond motifs is 1. The second-order valence-corrected chi connectivity index (χ2v) is 12.1. The molecule has 2 fully saturated rings. The Balaban J connectivity index is 1.13. The topological polar surface area (TPSA) is 121 Å². The van der Waals surface area contributed by atoms with E-state index in [0.29, 0.717) is 61.5 Å². The summed E-state index contributed by atoms with van der Waals surface area (Å²) in [5.74, 6) is -0.585. The first kappa shape index (κ1) is 28.9. The van der Waals surface area contributed by atoms with Crippen LogP contribution < -0.4 is 5.56 Å². The van der Waals surface area contributed by atoms with Crippen molar-refractivity contribution in [2.45, 2.75) is 43.9 Å². The van der Waals surface area contributed by atoms with Crippen molar-refractivity contribution in [3.8, 4) is 0 Å². The predicted octanol–water partition coefficient (Wildman–Crippen LogP) is 4.04. The van der Waals surface area contributed by atoms with Gasteiger partial charge in [-0.05, 0) is 48.6 Å². The number of aliphatic hydroxyl groups is 1. The number of nitrogens with zero attached hydrogens (tertiary/aromatic N) is 5. The Bertz CT molecular complexity index is 1700.